The Kier molecular flexibility index (Phi) is 5.69. The topological polar surface area (TPSA) is 55.6 Å². The van der Waals surface area contributed by atoms with Gasteiger partial charge in [-0.2, -0.15) is 0 Å². The Labute approximate surface area is 181 Å². The van der Waals surface area contributed by atoms with E-state index in [0.717, 1.165) is 43.4 Å². The summed E-state index contributed by atoms with van der Waals surface area (Å²) in [4.78, 5) is 18.0. The molecule has 0 aliphatic heterocycles. The fourth-order valence-corrected chi connectivity index (χ4v) is 4.51. The quantitative estimate of drug-likeness (QED) is 0.393. The summed E-state index contributed by atoms with van der Waals surface area (Å²) in [6, 6.07) is 13.7. The summed E-state index contributed by atoms with van der Waals surface area (Å²) in [7, 11) is 1.65. The minimum absolute atomic E-state index is 0.00488. The van der Waals surface area contributed by atoms with Gasteiger partial charge in [0.15, 0.2) is 4.96 Å². The van der Waals surface area contributed by atoms with Gasteiger partial charge in [0, 0.05) is 39.4 Å². The lowest BCUT2D eigenvalue weighted by molar-refractivity contribution is -0.116. The van der Waals surface area contributed by atoms with Gasteiger partial charge in [-0.05, 0) is 61.4 Å². The molecule has 0 unspecified atom stereocenters. The molecule has 1 amide bonds. The molecule has 0 radical (unpaired) electrons. The summed E-state index contributed by atoms with van der Waals surface area (Å²) in [5, 5.41) is 5.06. The number of halogens is 1. The molecule has 0 aliphatic rings. The lowest BCUT2D eigenvalue weighted by atomic mass is 10.1. The average Bonchev–Trinajstić information content (AvgIpc) is 3.30. The predicted octanol–water partition coefficient (Wildman–Crippen LogP) is 5.71. The van der Waals surface area contributed by atoms with Crippen LogP contribution in [0.4, 0.5) is 5.69 Å². The second kappa shape index (κ2) is 8.39. The van der Waals surface area contributed by atoms with Gasteiger partial charge in [-0.15, -0.1) is 11.3 Å². The molecular weight excluding hydrogens is 450 g/mol. The molecule has 148 valence electrons. The maximum Gasteiger partial charge on any atom is 0.224 e. The van der Waals surface area contributed by atoms with E-state index in [1.54, 1.807) is 18.4 Å². The highest BCUT2D eigenvalue weighted by molar-refractivity contribution is 9.10. The fourth-order valence-electron chi connectivity index (χ4n) is 3.13. The van der Waals surface area contributed by atoms with Gasteiger partial charge in [0.2, 0.25) is 5.91 Å². The van der Waals surface area contributed by atoms with Crippen molar-refractivity contribution >= 4 is 43.8 Å². The van der Waals surface area contributed by atoms with Crippen molar-refractivity contribution in [1.82, 2.24) is 9.38 Å². The molecule has 0 atom stereocenters. The molecule has 2 aromatic heterocycles. The number of amides is 1. The number of benzene rings is 2. The summed E-state index contributed by atoms with van der Waals surface area (Å²) in [5.41, 5.74) is 4.91. The number of aryl methyl sites for hydroxylation is 2. The highest BCUT2D eigenvalue weighted by Crippen LogP contribution is 2.26. The van der Waals surface area contributed by atoms with E-state index in [2.05, 4.69) is 31.0 Å². The third kappa shape index (κ3) is 4.36. The Bertz CT molecular complexity index is 1160. The summed E-state index contributed by atoms with van der Waals surface area (Å²) < 4.78 is 8.29. The highest BCUT2D eigenvalue weighted by atomic mass is 79.9. The van der Waals surface area contributed by atoms with E-state index in [4.69, 9.17) is 9.72 Å². The number of carbonyl (C=O) groups excluding carboxylic acids is 1. The number of imidazole rings is 1. The van der Waals surface area contributed by atoms with Gasteiger partial charge in [-0.3, -0.25) is 9.20 Å². The van der Waals surface area contributed by atoms with Gasteiger partial charge in [-0.1, -0.05) is 15.9 Å². The molecule has 0 saturated carbocycles. The van der Waals surface area contributed by atoms with Gasteiger partial charge in [0.05, 0.1) is 12.8 Å². The molecule has 4 aromatic rings. The zero-order chi connectivity index (χ0) is 20.4. The van der Waals surface area contributed by atoms with Gasteiger partial charge >= 0.3 is 0 Å². The number of rotatable bonds is 6. The van der Waals surface area contributed by atoms with Crippen LogP contribution in [0.5, 0.6) is 5.75 Å². The van der Waals surface area contributed by atoms with Crippen LogP contribution in [-0.4, -0.2) is 22.4 Å². The molecule has 0 fully saturated rings. The number of nitrogens with zero attached hydrogens (tertiary/aromatic N) is 2. The maximum absolute atomic E-state index is 12.4. The molecule has 1 N–H and O–H groups in total. The number of hydrogen-bond acceptors (Lipinski definition) is 4. The van der Waals surface area contributed by atoms with Crippen molar-refractivity contribution in [2.45, 2.75) is 19.8 Å². The molecular formula is C22H20BrN3O2S. The normalized spacial score (nSPS) is 11.0. The Hall–Kier alpha value is -2.64. The Morgan fingerprint density at radius 1 is 1.24 bits per heavy atom. The number of anilines is 1. The minimum Gasteiger partial charge on any atom is -0.497 e. The van der Waals surface area contributed by atoms with Crippen molar-refractivity contribution in [3.63, 3.8) is 0 Å². The van der Waals surface area contributed by atoms with Crippen molar-refractivity contribution in [3.8, 4) is 17.0 Å². The van der Waals surface area contributed by atoms with Crippen molar-refractivity contribution in [2.75, 3.05) is 12.4 Å². The third-order valence-electron chi connectivity index (χ3n) is 4.74. The van der Waals surface area contributed by atoms with Gasteiger partial charge < -0.3 is 10.1 Å². The summed E-state index contributed by atoms with van der Waals surface area (Å²) in [5.74, 6) is 0.827. The molecule has 0 aliphatic carbocycles. The molecule has 0 saturated heterocycles. The average molecular weight is 470 g/mol. The first kappa shape index (κ1) is 19.7. The standard InChI is InChI=1S/C22H20BrN3O2S/c1-14-11-16(23)5-9-19(14)24-21(27)10-6-17-13-29-22-25-20(12-26(17)22)15-3-7-18(28-2)8-4-15/h3-5,7-9,11-13H,6,10H2,1-2H3,(H,24,27). The van der Waals surface area contributed by atoms with Crippen LogP contribution in [0.3, 0.4) is 0 Å². The number of nitrogens with one attached hydrogen (secondary N) is 1. The fraction of sp³-hybridized carbons (Fsp3) is 0.182. The van der Waals surface area contributed by atoms with E-state index in [1.165, 1.54) is 0 Å². The molecule has 7 heteroatoms. The first-order valence-electron chi connectivity index (χ1n) is 9.19. The zero-order valence-electron chi connectivity index (χ0n) is 16.1. The van der Waals surface area contributed by atoms with E-state index in [9.17, 15) is 4.79 Å². The number of thiazole rings is 1. The summed E-state index contributed by atoms with van der Waals surface area (Å²) >= 11 is 5.03. The lowest BCUT2D eigenvalue weighted by Gasteiger charge is -2.08. The monoisotopic (exact) mass is 469 g/mol. The predicted molar refractivity (Wildman–Crippen MR) is 121 cm³/mol. The number of aromatic nitrogens is 2. The highest BCUT2D eigenvalue weighted by Gasteiger charge is 2.12. The summed E-state index contributed by atoms with van der Waals surface area (Å²) in [6.07, 6.45) is 3.09. The number of ether oxygens (including phenoxy) is 1. The number of hydrogen-bond donors (Lipinski definition) is 1. The number of fused-ring (bicyclic) bond motifs is 1. The minimum atomic E-state index is 0.00488. The van der Waals surface area contributed by atoms with Crippen LogP contribution in [0.15, 0.2) is 58.5 Å². The van der Waals surface area contributed by atoms with Crippen LogP contribution in [0.25, 0.3) is 16.2 Å². The molecule has 29 heavy (non-hydrogen) atoms. The van der Waals surface area contributed by atoms with Crippen LogP contribution in [0.1, 0.15) is 17.7 Å². The molecule has 0 spiro atoms. The molecule has 5 nitrogen and oxygen atoms in total. The van der Waals surface area contributed by atoms with Crippen molar-refractivity contribution in [2.24, 2.45) is 0 Å². The molecule has 0 bridgehead atoms. The smallest absolute Gasteiger partial charge is 0.224 e. The van der Waals surface area contributed by atoms with E-state index in [0.29, 0.717) is 12.8 Å². The Morgan fingerprint density at radius 3 is 2.76 bits per heavy atom. The Balaban J connectivity index is 1.45. The van der Waals surface area contributed by atoms with Gasteiger partial charge in [-0.25, -0.2) is 4.98 Å². The Morgan fingerprint density at radius 2 is 2.03 bits per heavy atom. The van der Waals surface area contributed by atoms with Crippen LogP contribution in [0, 0.1) is 6.92 Å². The first-order valence-corrected chi connectivity index (χ1v) is 10.9. The SMILES string of the molecule is COc1ccc(-c2cn3c(CCC(=O)Nc4ccc(Br)cc4C)csc3n2)cc1. The van der Waals surface area contributed by atoms with Crippen molar-refractivity contribution < 1.29 is 9.53 Å². The van der Waals surface area contributed by atoms with Crippen molar-refractivity contribution in [1.29, 1.82) is 0 Å². The number of methoxy groups -OCH3 is 1. The van der Waals surface area contributed by atoms with Crippen molar-refractivity contribution in [3.05, 3.63) is 69.8 Å². The van der Waals surface area contributed by atoms with Crippen LogP contribution >= 0.6 is 27.3 Å². The van der Waals surface area contributed by atoms with Gasteiger partial charge in [0.1, 0.15) is 5.75 Å². The molecule has 2 heterocycles. The number of carbonyl (C=O) groups is 1. The summed E-state index contributed by atoms with van der Waals surface area (Å²) in [6.45, 7) is 1.98. The van der Waals surface area contributed by atoms with E-state index < -0.39 is 0 Å². The first-order chi connectivity index (χ1) is 14.0. The third-order valence-corrected chi connectivity index (χ3v) is 6.12. The second-order valence-corrected chi connectivity index (χ2v) is 8.49. The second-order valence-electron chi connectivity index (χ2n) is 6.74. The molecule has 2 aromatic carbocycles. The van der Waals surface area contributed by atoms with Crippen LogP contribution in [0.2, 0.25) is 0 Å². The van der Waals surface area contributed by atoms with E-state index in [1.807, 2.05) is 55.6 Å². The van der Waals surface area contributed by atoms with E-state index >= 15 is 0 Å². The van der Waals surface area contributed by atoms with Gasteiger partial charge in [0.25, 0.3) is 0 Å². The van der Waals surface area contributed by atoms with Crippen LogP contribution in [-0.2, 0) is 11.2 Å². The molecule has 4 rings (SSSR count). The maximum atomic E-state index is 12.4. The van der Waals surface area contributed by atoms with E-state index in [-0.39, 0.29) is 5.91 Å². The zero-order valence-corrected chi connectivity index (χ0v) is 18.5. The lowest BCUT2D eigenvalue weighted by Crippen LogP contribution is -2.13. The van der Waals surface area contributed by atoms with Crippen LogP contribution < -0.4 is 10.1 Å². The largest absolute Gasteiger partial charge is 0.497 e.